The smallest absolute Gasteiger partial charge is 0.151 e. The molecule has 0 atom stereocenters. The molecule has 2 aromatic rings. The number of anilines is 2. The summed E-state index contributed by atoms with van der Waals surface area (Å²) in [6.45, 7) is 9.71. The number of pyridine rings is 1. The first-order chi connectivity index (χ1) is 11.5. The Balaban J connectivity index is 1.68. The van der Waals surface area contributed by atoms with Crippen LogP contribution >= 0.6 is 0 Å². The number of piperazine rings is 1. The molecular formula is C18H22N6. The largest absolute Gasteiger partial charge is 0.352 e. The van der Waals surface area contributed by atoms with Gasteiger partial charge in [-0.1, -0.05) is 20.8 Å². The van der Waals surface area contributed by atoms with Gasteiger partial charge in [0, 0.05) is 37.8 Å². The summed E-state index contributed by atoms with van der Waals surface area (Å²) in [7, 11) is 0. The minimum atomic E-state index is 0.0108. The fourth-order valence-corrected chi connectivity index (χ4v) is 2.78. The van der Waals surface area contributed by atoms with Crippen molar-refractivity contribution >= 4 is 11.6 Å². The summed E-state index contributed by atoms with van der Waals surface area (Å²) in [5.41, 5.74) is 1.63. The van der Waals surface area contributed by atoms with Gasteiger partial charge in [-0.2, -0.15) is 10.4 Å². The van der Waals surface area contributed by atoms with Crippen LogP contribution in [0.5, 0.6) is 0 Å². The molecule has 2 aromatic heterocycles. The first-order valence-corrected chi connectivity index (χ1v) is 8.18. The molecule has 0 saturated carbocycles. The summed E-state index contributed by atoms with van der Waals surface area (Å²) < 4.78 is 0. The predicted molar refractivity (Wildman–Crippen MR) is 94.1 cm³/mol. The monoisotopic (exact) mass is 322 g/mol. The Morgan fingerprint density at radius 3 is 2.29 bits per heavy atom. The van der Waals surface area contributed by atoms with Crippen LogP contribution in [0.15, 0.2) is 30.5 Å². The molecule has 24 heavy (non-hydrogen) atoms. The molecule has 6 heteroatoms. The van der Waals surface area contributed by atoms with Crippen molar-refractivity contribution < 1.29 is 0 Å². The molecule has 1 fully saturated rings. The van der Waals surface area contributed by atoms with E-state index in [-0.39, 0.29) is 5.41 Å². The summed E-state index contributed by atoms with van der Waals surface area (Å²) in [6.07, 6.45) is 1.74. The number of hydrogen-bond acceptors (Lipinski definition) is 6. The molecule has 0 bridgehead atoms. The van der Waals surface area contributed by atoms with E-state index in [4.69, 9.17) is 0 Å². The first kappa shape index (κ1) is 16.2. The molecule has 3 rings (SSSR count). The summed E-state index contributed by atoms with van der Waals surface area (Å²) in [5, 5.41) is 18.0. The summed E-state index contributed by atoms with van der Waals surface area (Å²) in [6, 6.07) is 9.93. The van der Waals surface area contributed by atoms with E-state index in [2.05, 4.69) is 57.9 Å². The third-order valence-corrected chi connectivity index (χ3v) is 4.23. The zero-order valence-electron chi connectivity index (χ0n) is 14.4. The van der Waals surface area contributed by atoms with Gasteiger partial charge >= 0.3 is 0 Å². The van der Waals surface area contributed by atoms with Crippen molar-refractivity contribution in [2.24, 2.45) is 0 Å². The van der Waals surface area contributed by atoms with E-state index in [1.54, 1.807) is 12.3 Å². The van der Waals surface area contributed by atoms with Crippen LogP contribution in [0.4, 0.5) is 11.6 Å². The maximum atomic E-state index is 9.23. The Kier molecular flexibility index (Phi) is 4.34. The second kappa shape index (κ2) is 6.44. The highest BCUT2D eigenvalue weighted by atomic mass is 15.3. The van der Waals surface area contributed by atoms with Crippen LogP contribution in [0.1, 0.15) is 32.0 Å². The van der Waals surface area contributed by atoms with E-state index >= 15 is 0 Å². The van der Waals surface area contributed by atoms with E-state index in [1.165, 1.54) is 0 Å². The van der Waals surface area contributed by atoms with Gasteiger partial charge in [0.1, 0.15) is 11.9 Å². The van der Waals surface area contributed by atoms with Crippen molar-refractivity contribution in [3.63, 3.8) is 0 Å². The van der Waals surface area contributed by atoms with Crippen LogP contribution < -0.4 is 9.80 Å². The molecule has 6 nitrogen and oxygen atoms in total. The lowest BCUT2D eigenvalue weighted by molar-refractivity contribution is 0.556. The number of nitriles is 1. The third kappa shape index (κ3) is 3.30. The van der Waals surface area contributed by atoms with Gasteiger partial charge in [0.05, 0.1) is 11.3 Å². The Morgan fingerprint density at radius 1 is 1.00 bits per heavy atom. The van der Waals surface area contributed by atoms with Crippen molar-refractivity contribution in [2.75, 3.05) is 36.0 Å². The molecule has 0 unspecified atom stereocenters. The summed E-state index contributed by atoms with van der Waals surface area (Å²) >= 11 is 0. The second-order valence-electron chi connectivity index (χ2n) is 6.99. The molecule has 0 amide bonds. The van der Waals surface area contributed by atoms with Crippen LogP contribution in [0.25, 0.3) is 0 Å². The first-order valence-electron chi connectivity index (χ1n) is 8.18. The molecule has 0 N–H and O–H groups in total. The minimum Gasteiger partial charge on any atom is -0.352 e. The average molecular weight is 322 g/mol. The standard InChI is InChI=1S/C18H22N6/c1-18(2,3)15-6-7-16(22-21-15)23-9-11-24(12-10-23)17-14(13-19)5-4-8-20-17/h4-8H,9-12H2,1-3H3. The lowest BCUT2D eigenvalue weighted by atomic mass is 9.92. The van der Waals surface area contributed by atoms with Gasteiger partial charge in [-0.15, -0.1) is 5.10 Å². The SMILES string of the molecule is CC(C)(C)c1ccc(N2CCN(c3ncccc3C#N)CC2)nn1. The number of nitrogens with zero attached hydrogens (tertiary/aromatic N) is 6. The zero-order chi connectivity index (χ0) is 17.2. The van der Waals surface area contributed by atoms with Crippen molar-refractivity contribution in [1.82, 2.24) is 15.2 Å². The van der Waals surface area contributed by atoms with E-state index in [1.807, 2.05) is 12.1 Å². The Morgan fingerprint density at radius 2 is 1.71 bits per heavy atom. The van der Waals surface area contributed by atoms with Gasteiger partial charge in [0.25, 0.3) is 0 Å². The minimum absolute atomic E-state index is 0.0108. The quantitative estimate of drug-likeness (QED) is 0.845. The van der Waals surface area contributed by atoms with Crippen LogP contribution in [0, 0.1) is 11.3 Å². The van der Waals surface area contributed by atoms with E-state index in [0.717, 1.165) is 43.5 Å². The molecular weight excluding hydrogens is 300 g/mol. The van der Waals surface area contributed by atoms with Crippen molar-refractivity contribution in [3.8, 4) is 6.07 Å². The van der Waals surface area contributed by atoms with E-state index < -0.39 is 0 Å². The lowest BCUT2D eigenvalue weighted by Crippen LogP contribution is -2.47. The molecule has 1 aliphatic heterocycles. The number of rotatable bonds is 2. The maximum absolute atomic E-state index is 9.23. The molecule has 1 saturated heterocycles. The van der Waals surface area contributed by atoms with Crippen LogP contribution in [0.2, 0.25) is 0 Å². The van der Waals surface area contributed by atoms with Gasteiger partial charge in [0.15, 0.2) is 5.82 Å². The maximum Gasteiger partial charge on any atom is 0.151 e. The van der Waals surface area contributed by atoms with Crippen molar-refractivity contribution in [1.29, 1.82) is 5.26 Å². The number of hydrogen-bond donors (Lipinski definition) is 0. The fourth-order valence-electron chi connectivity index (χ4n) is 2.78. The molecule has 1 aliphatic rings. The molecule has 0 radical (unpaired) electrons. The highest BCUT2D eigenvalue weighted by molar-refractivity contribution is 5.54. The zero-order valence-corrected chi connectivity index (χ0v) is 14.4. The summed E-state index contributed by atoms with van der Waals surface area (Å²) in [4.78, 5) is 8.75. The van der Waals surface area contributed by atoms with Gasteiger partial charge in [-0.25, -0.2) is 4.98 Å². The van der Waals surface area contributed by atoms with Crippen molar-refractivity contribution in [3.05, 3.63) is 41.7 Å². The topological polar surface area (TPSA) is 68.9 Å². The van der Waals surface area contributed by atoms with Gasteiger partial charge < -0.3 is 9.80 Å². The Labute approximate surface area is 142 Å². The third-order valence-electron chi connectivity index (χ3n) is 4.23. The molecule has 0 aromatic carbocycles. The number of aromatic nitrogens is 3. The average Bonchev–Trinajstić information content (AvgIpc) is 2.61. The highest BCUT2D eigenvalue weighted by Crippen LogP contribution is 2.23. The van der Waals surface area contributed by atoms with Crippen LogP contribution in [0.3, 0.4) is 0 Å². The lowest BCUT2D eigenvalue weighted by Gasteiger charge is -2.36. The Bertz CT molecular complexity index is 733. The van der Waals surface area contributed by atoms with Crippen molar-refractivity contribution in [2.45, 2.75) is 26.2 Å². The molecule has 0 spiro atoms. The molecule has 3 heterocycles. The van der Waals surface area contributed by atoms with E-state index in [0.29, 0.717) is 5.56 Å². The normalized spacial score (nSPS) is 15.2. The van der Waals surface area contributed by atoms with Gasteiger partial charge in [0.2, 0.25) is 0 Å². The van der Waals surface area contributed by atoms with E-state index in [9.17, 15) is 5.26 Å². The molecule has 124 valence electrons. The van der Waals surface area contributed by atoms with Crippen LogP contribution in [-0.2, 0) is 5.41 Å². The molecule has 0 aliphatic carbocycles. The highest BCUT2D eigenvalue weighted by Gasteiger charge is 2.22. The van der Waals surface area contributed by atoms with Gasteiger partial charge in [-0.05, 0) is 24.3 Å². The second-order valence-corrected chi connectivity index (χ2v) is 6.99. The van der Waals surface area contributed by atoms with Gasteiger partial charge in [-0.3, -0.25) is 0 Å². The predicted octanol–water partition coefficient (Wildman–Crippen LogP) is 2.37. The Hall–Kier alpha value is -2.68. The van der Waals surface area contributed by atoms with Crippen LogP contribution in [-0.4, -0.2) is 41.4 Å². The summed E-state index contributed by atoms with van der Waals surface area (Å²) in [5.74, 6) is 1.68. The fraction of sp³-hybridized carbons (Fsp3) is 0.444.